The second kappa shape index (κ2) is 19.1. The number of carboxylic acids is 1. The first-order valence-electron chi connectivity index (χ1n) is 16.4. The minimum absolute atomic E-state index is 0.0913. The second-order valence-corrected chi connectivity index (χ2v) is 12.9. The number of aliphatic carboxylic acids is 1. The van der Waals surface area contributed by atoms with Gasteiger partial charge in [-0.15, -0.1) is 0 Å². The lowest BCUT2D eigenvalue weighted by molar-refractivity contribution is -0.359. The van der Waals surface area contributed by atoms with Crippen LogP contribution in [0.3, 0.4) is 0 Å². The molecule has 11 nitrogen and oxygen atoms in total. The van der Waals surface area contributed by atoms with Gasteiger partial charge in [0.25, 0.3) is 0 Å². The zero-order valence-corrected chi connectivity index (χ0v) is 29.1. The Balaban J connectivity index is 2.01. The van der Waals surface area contributed by atoms with Crippen molar-refractivity contribution in [2.75, 3.05) is 13.7 Å². The molecular weight excluding hydrogens is 618 g/mol. The Morgan fingerprint density at radius 1 is 1.02 bits per heavy atom. The molecule has 0 radical (unpaired) electrons. The molecule has 268 valence electrons. The van der Waals surface area contributed by atoms with E-state index in [-0.39, 0.29) is 31.1 Å². The summed E-state index contributed by atoms with van der Waals surface area (Å²) in [5.74, 6) is -5.10. The van der Waals surface area contributed by atoms with E-state index in [1.54, 1.807) is 82.6 Å². The molecule has 1 amide bonds. The molecule has 2 rings (SSSR count). The van der Waals surface area contributed by atoms with Gasteiger partial charge in [-0.25, -0.2) is 4.79 Å². The second-order valence-electron chi connectivity index (χ2n) is 12.9. The largest absolute Gasteiger partial charge is 0.478 e. The average Bonchev–Trinajstić information content (AvgIpc) is 3.41. The van der Waals surface area contributed by atoms with Crippen molar-refractivity contribution in [2.24, 2.45) is 17.3 Å². The number of ether oxygens (including phenoxy) is 3. The van der Waals surface area contributed by atoms with Gasteiger partial charge >= 0.3 is 5.97 Å². The van der Waals surface area contributed by atoms with E-state index in [0.29, 0.717) is 6.42 Å². The van der Waals surface area contributed by atoms with Crippen molar-refractivity contribution in [1.82, 2.24) is 5.32 Å². The normalized spacial score (nSPS) is 31.9. The van der Waals surface area contributed by atoms with E-state index in [2.05, 4.69) is 5.32 Å². The van der Waals surface area contributed by atoms with Gasteiger partial charge in [0.05, 0.1) is 36.4 Å². The van der Waals surface area contributed by atoms with Gasteiger partial charge in [0.1, 0.15) is 12.2 Å². The summed E-state index contributed by atoms with van der Waals surface area (Å²) in [6.07, 6.45) is 16.5. The number of hydrogen-bond donors (Lipinski definition) is 6. The number of carboxylic acid groups (broad SMARTS) is 1. The fraction of sp³-hybridized carbons (Fsp3) is 0.568. The van der Waals surface area contributed by atoms with E-state index in [4.69, 9.17) is 19.3 Å². The molecule has 0 spiro atoms. The minimum atomic E-state index is -2.30. The standard InChI is InChI=1S/C37H55NO10/c1-8-10-13-20-30-36(5,6)33(42)34(43)37(45,48-30)26(9-2)35(44)38-22-17-16-18-24(3)32(46-7)25(4)29-23-27(39)28(47-29)19-14-11-12-15-21-31(40)41/h8,10-21,25-30,32-34,39,42-43,45H,9,22-23H2,1-7H3,(H,38,44)(H,40,41). The molecule has 2 saturated heterocycles. The lowest BCUT2D eigenvalue weighted by Crippen LogP contribution is -2.69. The topological polar surface area (TPSA) is 175 Å². The highest BCUT2D eigenvalue weighted by Crippen LogP contribution is 2.44. The number of aliphatic hydroxyl groups excluding tert-OH is 3. The van der Waals surface area contributed by atoms with E-state index in [0.717, 1.165) is 11.6 Å². The number of carbonyl (C=O) groups is 2. The van der Waals surface area contributed by atoms with Crippen LogP contribution < -0.4 is 5.32 Å². The maximum Gasteiger partial charge on any atom is 0.328 e. The zero-order chi connectivity index (χ0) is 36.1. The molecule has 2 aliphatic rings. The Bertz CT molecular complexity index is 1260. The lowest BCUT2D eigenvalue weighted by atomic mass is 9.71. The zero-order valence-electron chi connectivity index (χ0n) is 29.1. The third kappa shape index (κ3) is 10.7. The third-order valence-corrected chi connectivity index (χ3v) is 9.06. The molecule has 0 bridgehead atoms. The first kappa shape index (κ1) is 41.0. The van der Waals surface area contributed by atoms with Crippen LogP contribution in [-0.2, 0) is 23.8 Å². The van der Waals surface area contributed by atoms with Gasteiger partial charge in [0.15, 0.2) is 0 Å². The highest BCUT2D eigenvalue weighted by atomic mass is 16.7. The summed E-state index contributed by atoms with van der Waals surface area (Å²) < 4.78 is 17.9. The first-order valence-corrected chi connectivity index (χ1v) is 16.4. The Morgan fingerprint density at radius 2 is 1.69 bits per heavy atom. The summed E-state index contributed by atoms with van der Waals surface area (Å²) in [4.78, 5) is 23.8. The molecule has 11 heteroatoms. The number of nitrogens with one attached hydrogen (secondary N) is 1. The highest BCUT2D eigenvalue weighted by molar-refractivity contribution is 5.80. The molecule has 0 aliphatic carbocycles. The summed E-state index contributed by atoms with van der Waals surface area (Å²) in [7, 11) is 1.61. The number of carbonyl (C=O) groups excluding carboxylic acids is 1. The Kier molecular flexibility index (Phi) is 16.4. The summed E-state index contributed by atoms with van der Waals surface area (Å²) in [6.45, 7) is 11.1. The van der Waals surface area contributed by atoms with Gasteiger partial charge in [-0.3, -0.25) is 4.79 Å². The Morgan fingerprint density at radius 3 is 2.31 bits per heavy atom. The Labute approximate surface area is 284 Å². The van der Waals surface area contributed by atoms with Crippen LogP contribution in [-0.4, -0.2) is 99.6 Å². The molecule has 0 saturated carbocycles. The van der Waals surface area contributed by atoms with Gasteiger partial charge in [0.2, 0.25) is 11.7 Å². The average molecular weight is 674 g/mol. The minimum Gasteiger partial charge on any atom is -0.478 e. The smallest absolute Gasteiger partial charge is 0.328 e. The SMILES string of the molecule is CC=CC=CC1OC(O)(C(CC)C(=O)NCC=CC=C(C)C(OC)C(C)C2CC(O)C(C=CC=CC=CC(=O)O)O2)C(O)C(O)C1(C)C. The molecule has 2 aliphatic heterocycles. The monoisotopic (exact) mass is 673 g/mol. The molecule has 2 fully saturated rings. The molecule has 0 aromatic rings. The molecular formula is C37H55NO10. The molecule has 10 unspecified atom stereocenters. The van der Waals surface area contributed by atoms with Gasteiger partial charge < -0.3 is 45.1 Å². The van der Waals surface area contributed by atoms with E-state index in [9.17, 15) is 30.0 Å². The van der Waals surface area contributed by atoms with Crippen LogP contribution in [0.4, 0.5) is 0 Å². The predicted molar refractivity (Wildman–Crippen MR) is 184 cm³/mol. The van der Waals surface area contributed by atoms with E-state index in [1.165, 1.54) is 6.08 Å². The molecule has 48 heavy (non-hydrogen) atoms. The van der Waals surface area contributed by atoms with Crippen molar-refractivity contribution in [2.45, 2.75) is 103 Å². The van der Waals surface area contributed by atoms with E-state index in [1.807, 2.05) is 32.9 Å². The van der Waals surface area contributed by atoms with Gasteiger partial charge in [-0.1, -0.05) is 101 Å². The van der Waals surface area contributed by atoms with Crippen molar-refractivity contribution in [3.63, 3.8) is 0 Å². The van der Waals surface area contributed by atoms with Crippen molar-refractivity contribution in [1.29, 1.82) is 0 Å². The van der Waals surface area contributed by atoms with Crippen molar-refractivity contribution < 1.29 is 49.3 Å². The number of aliphatic hydroxyl groups is 4. The Hall–Kier alpha value is -3.16. The van der Waals surface area contributed by atoms with Crippen LogP contribution >= 0.6 is 0 Å². The molecule has 10 atom stereocenters. The number of methoxy groups -OCH3 is 1. The van der Waals surface area contributed by atoms with Gasteiger partial charge in [-0.2, -0.15) is 0 Å². The maximum absolute atomic E-state index is 13.2. The number of hydrogen-bond acceptors (Lipinski definition) is 9. The maximum atomic E-state index is 13.2. The molecule has 2 heterocycles. The molecule has 6 N–H and O–H groups in total. The fourth-order valence-electron chi connectivity index (χ4n) is 6.09. The van der Waals surface area contributed by atoms with Crippen LogP contribution in [0.2, 0.25) is 0 Å². The highest BCUT2D eigenvalue weighted by Gasteiger charge is 2.60. The summed E-state index contributed by atoms with van der Waals surface area (Å²) in [5, 5.41) is 55.3. The molecule has 0 aromatic carbocycles. The van der Waals surface area contributed by atoms with Crippen LogP contribution in [0.15, 0.2) is 84.6 Å². The predicted octanol–water partition coefficient (Wildman–Crippen LogP) is 3.52. The van der Waals surface area contributed by atoms with E-state index < -0.39 is 59.5 Å². The van der Waals surface area contributed by atoms with Crippen LogP contribution in [0.1, 0.15) is 54.4 Å². The van der Waals surface area contributed by atoms with Crippen LogP contribution in [0.5, 0.6) is 0 Å². The van der Waals surface area contributed by atoms with Crippen molar-refractivity contribution in [3.8, 4) is 0 Å². The van der Waals surface area contributed by atoms with E-state index >= 15 is 0 Å². The summed E-state index contributed by atoms with van der Waals surface area (Å²) in [6, 6.07) is 0. The third-order valence-electron chi connectivity index (χ3n) is 9.06. The molecule has 0 aromatic heterocycles. The van der Waals surface area contributed by atoms with Crippen molar-refractivity contribution in [3.05, 3.63) is 84.6 Å². The van der Waals surface area contributed by atoms with Crippen LogP contribution in [0.25, 0.3) is 0 Å². The van der Waals surface area contributed by atoms with Crippen molar-refractivity contribution >= 4 is 11.9 Å². The van der Waals surface area contributed by atoms with Gasteiger partial charge in [0, 0.05) is 37.5 Å². The quantitative estimate of drug-likeness (QED) is 0.105. The van der Waals surface area contributed by atoms with Crippen LogP contribution in [0, 0.1) is 17.3 Å². The number of rotatable bonds is 16. The number of allylic oxidation sites excluding steroid dienone is 9. The summed E-state index contributed by atoms with van der Waals surface area (Å²) >= 11 is 0. The number of amides is 1. The summed E-state index contributed by atoms with van der Waals surface area (Å²) in [5.41, 5.74) is -0.0158. The fourth-order valence-corrected chi connectivity index (χ4v) is 6.09. The first-order chi connectivity index (χ1) is 22.6. The van der Waals surface area contributed by atoms with Gasteiger partial charge in [-0.05, 0) is 25.8 Å². The lowest BCUT2D eigenvalue weighted by Gasteiger charge is -2.53.